The van der Waals surface area contributed by atoms with Crippen LogP contribution < -0.4 is 10.1 Å². The van der Waals surface area contributed by atoms with Gasteiger partial charge in [-0.05, 0) is 44.9 Å². The minimum Gasteiger partial charge on any atom is -0.496 e. The summed E-state index contributed by atoms with van der Waals surface area (Å²) in [5.74, 6) is 0.970. The number of likely N-dealkylation sites (N-methyl/N-ethyl adjacent to an activating group) is 1. The first-order valence-electron chi connectivity index (χ1n) is 7.69. The lowest BCUT2D eigenvalue weighted by Crippen LogP contribution is -2.51. The van der Waals surface area contributed by atoms with Gasteiger partial charge in [0.25, 0.3) is 0 Å². The highest BCUT2D eigenvalue weighted by Gasteiger charge is 2.41. The van der Waals surface area contributed by atoms with Gasteiger partial charge >= 0.3 is 0 Å². The molecule has 20 heavy (non-hydrogen) atoms. The molecule has 1 aromatic carbocycles. The fourth-order valence-corrected chi connectivity index (χ4v) is 3.50. The molecular weight excluding hydrogens is 250 g/mol. The van der Waals surface area contributed by atoms with Crippen molar-refractivity contribution in [3.63, 3.8) is 0 Å². The number of hydrogen-bond acceptors (Lipinski definition) is 3. The smallest absolute Gasteiger partial charge is 0.122 e. The molecule has 0 spiro atoms. The van der Waals surface area contributed by atoms with Gasteiger partial charge in [-0.25, -0.2) is 0 Å². The first-order valence-corrected chi connectivity index (χ1v) is 7.69. The van der Waals surface area contributed by atoms with Gasteiger partial charge in [-0.15, -0.1) is 0 Å². The van der Waals surface area contributed by atoms with E-state index in [1.54, 1.807) is 7.11 Å². The highest BCUT2D eigenvalue weighted by atomic mass is 16.5. The predicted octanol–water partition coefficient (Wildman–Crippen LogP) is 3.18. The Bertz CT molecular complexity index is 413. The van der Waals surface area contributed by atoms with Crippen molar-refractivity contribution in [2.24, 2.45) is 0 Å². The molecule has 1 atom stereocenters. The fourth-order valence-electron chi connectivity index (χ4n) is 3.50. The van der Waals surface area contributed by atoms with Crippen LogP contribution in [0.3, 0.4) is 0 Å². The third-order valence-electron chi connectivity index (χ3n) is 4.48. The predicted molar refractivity (Wildman–Crippen MR) is 82.4 cm³/mol. The monoisotopic (exact) mass is 277 g/mol. The number of para-hydroxylation sites is 1. The Hall–Kier alpha value is -1.06. The highest BCUT2D eigenvalue weighted by molar-refractivity contribution is 5.34. The van der Waals surface area contributed by atoms with Crippen LogP contribution in [-0.2, 0) is 11.2 Å². The van der Waals surface area contributed by atoms with Crippen molar-refractivity contribution < 1.29 is 9.47 Å². The molecule has 112 valence electrons. The van der Waals surface area contributed by atoms with E-state index in [9.17, 15) is 0 Å². The molecule has 0 bridgehead atoms. The summed E-state index contributed by atoms with van der Waals surface area (Å²) in [7, 11) is 3.78. The SMILES string of the molecule is CCOC1(C(Cc2ccccc2OC)NC)CCCC1. The van der Waals surface area contributed by atoms with Crippen LogP contribution in [0, 0.1) is 0 Å². The van der Waals surface area contributed by atoms with Gasteiger partial charge in [-0.1, -0.05) is 31.0 Å². The highest BCUT2D eigenvalue weighted by Crippen LogP contribution is 2.38. The molecule has 1 fully saturated rings. The molecule has 1 aliphatic carbocycles. The second kappa shape index (κ2) is 7.09. The van der Waals surface area contributed by atoms with Gasteiger partial charge < -0.3 is 14.8 Å². The molecule has 0 saturated heterocycles. The number of methoxy groups -OCH3 is 1. The zero-order valence-electron chi connectivity index (χ0n) is 12.9. The largest absolute Gasteiger partial charge is 0.496 e. The summed E-state index contributed by atoms with van der Waals surface area (Å²) in [6.45, 7) is 2.87. The van der Waals surface area contributed by atoms with E-state index in [0.29, 0.717) is 6.04 Å². The van der Waals surface area contributed by atoms with Crippen LogP contribution in [-0.4, -0.2) is 32.4 Å². The topological polar surface area (TPSA) is 30.5 Å². The summed E-state index contributed by atoms with van der Waals surface area (Å²) in [6.07, 6.45) is 5.79. The van der Waals surface area contributed by atoms with Gasteiger partial charge in [0.2, 0.25) is 0 Å². The van der Waals surface area contributed by atoms with Crippen LogP contribution in [0.4, 0.5) is 0 Å². The Labute approximate surface area is 122 Å². The maximum Gasteiger partial charge on any atom is 0.122 e. The summed E-state index contributed by atoms with van der Waals surface area (Å²) < 4.78 is 11.7. The van der Waals surface area contributed by atoms with E-state index in [-0.39, 0.29) is 5.60 Å². The zero-order valence-corrected chi connectivity index (χ0v) is 12.9. The van der Waals surface area contributed by atoms with E-state index >= 15 is 0 Å². The van der Waals surface area contributed by atoms with Crippen LogP contribution in [0.1, 0.15) is 38.2 Å². The quantitative estimate of drug-likeness (QED) is 0.830. The summed E-state index contributed by atoms with van der Waals surface area (Å²) in [5, 5.41) is 3.49. The normalized spacial score (nSPS) is 18.9. The molecule has 1 aliphatic rings. The van der Waals surface area contributed by atoms with Crippen LogP contribution in [0.2, 0.25) is 0 Å². The van der Waals surface area contributed by atoms with Crippen molar-refractivity contribution in [3.8, 4) is 5.75 Å². The Morgan fingerprint density at radius 1 is 1.25 bits per heavy atom. The van der Waals surface area contributed by atoms with Crippen LogP contribution in [0.5, 0.6) is 5.75 Å². The lowest BCUT2D eigenvalue weighted by atomic mass is 9.87. The third kappa shape index (κ3) is 3.15. The lowest BCUT2D eigenvalue weighted by Gasteiger charge is -2.37. The number of benzene rings is 1. The molecule has 0 aromatic heterocycles. The first-order chi connectivity index (χ1) is 9.75. The second-order valence-corrected chi connectivity index (χ2v) is 5.56. The number of nitrogens with one attached hydrogen (secondary N) is 1. The van der Waals surface area contributed by atoms with Gasteiger partial charge in [-0.3, -0.25) is 0 Å². The summed E-state index contributed by atoms with van der Waals surface area (Å²) in [6, 6.07) is 8.61. The molecule has 1 aromatic rings. The molecule has 3 nitrogen and oxygen atoms in total. The van der Waals surface area contributed by atoms with E-state index in [1.807, 2.05) is 19.2 Å². The molecule has 1 saturated carbocycles. The first kappa shape index (κ1) is 15.3. The van der Waals surface area contributed by atoms with Crippen molar-refractivity contribution in [2.45, 2.75) is 50.7 Å². The van der Waals surface area contributed by atoms with Gasteiger partial charge in [0, 0.05) is 12.6 Å². The van der Waals surface area contributed by atoms with Crippen molar-refractivity contribution >= 4 is 0 Å². The van der Waals surface area contributed by atoms with E-state index in [4.69, 9.17) is 9.47 Å². The lowest BCUT2D eigenvalue weighted by molar-refractivity contribution is -0.0597. The molecule has 0 heterocycles. The van der Waals surface area contributed by atoms with Crippen molar-refractivity contribution in [1.29, 1.82) is 0 Å². The van der Waals surface area contributed by atoms with Crippen molar-refractivity contribution in [1.82, 2.24) is 5.32 Å². The van der Waals surface area contributed by atoms with E-state index < -0.39 is 0 Å². The van der Waals surface area contributed by atoms with Crippen molar-refractivity contribution in [2.75, 3.05) is 20.8 Å². The Balaban J connectivity index is 2.19. The summed E-state index contributed by atoms with van der Waals surface area (Å²) >= 11 is 0. The minimum absolute atomic E-state index is 0.00957. The van der Waals surface area contributed by atoms with Gasteiger partial charge in [0.05, 0.1) is 12.7 Å². The summed E-state index contributed by atoms with van der Waals surface area (Å²) in [5.41, 5.74) is 1.24. The minimum atomic E-state index is -0.00957. The molecule has 2 rings (SSSR count). The van der Waals surface area contributed by atoms with Crippen LogP contribution in [0.25, 0.3) is 0 Å². The van der Waals surface area contributed by atoms with Gasteiger partial charge in [0.15, 0.2) is 0 Å². The van der Waals surface area contributed by atoms with E-state index in [1.165, 1.54) is 18.4 Å². The third-order valence-corrected chi connectivity index (χ3v) is 4.48. The maximum absolute atomic E-state index is 6.19. The Kier molecular flexibility index (Phi) is 5.44. The Morgan fingerprint density at radius 2 is 1.95 bits per heavy atom. The molecular formula is C17H27NO2. The van der Waals surface area contributed by atoms with Gasteiger partial charge in [-0.2, -0.15) is 0 Å². The molecule has 0 aliphatic heterocycles. The number of hydrogen-bond donors (Lipinski definition) is 1. The number of rotatable bonds is 7. The van der Waals surface area contributed by atoms with Crippen LogP contribution in [0.15, 0.2) is 24.3 Å². The molecule has 3 heteroatoms. The fraction of sp³-hybridized carbons (Fsp3) is 0.647. The summed E-state index contributed by atoms with van der Waals surface area (Å²) in [4.78, 5) is 0. The van der Waals surface area contributed by atoms with Crippen LogP contribution >= 0.6 is 0 Å². The maximum atomic E-state index is 6.19. The zero-order chi connectivity index (χ0) is 14.4. The standard InChI is InChI=1S/C17H27NO2/c1-4-20-17(11-7-8-12-17)16(18-2)13-14-9-5-6-10-15(14)19-3/h5-6,9-10,16,18H,4,7-8,11-13H2,1-3H3. The number of ether oxygens (including phenoxy) is 2. The molecule has 0 radical (unpaired) electrons. The van der Waals surface area contributed by atoms with Gasteiger partial charge in [0.1, 0.15) is 5.75 Å². The van der Waals surface area contributed by atoms with E-state index in [2.05, 4.69) is 24.4 Å². The molecule has 1 unspecified atom stereocenters. The van der Waals surface area contributed by atoms with Crippen molar-refractivity contribution in [3.05, 3.63) is 29.8 Å². The average Bonchev–Trinajstić information content (AvgIpc) is 2.95. The molecule has 1 N–H and O–H groups in total. The second-order valence-electron chi connectivity index (χ2n) is 5.56. The molecule has 0 amide bonds. The Morgan fingerprint density at radius 3 is 2.55 bits per heavy atom. The average molecular weight is 277 g/mol. The van der Waals surface area contributed by atoms with E-state index in [0.717, 1.165) is 31.6 Å².